The maximum absolute atomic E-state index is 11.3. The van der Waals surface area contributed by atoms with E-state index in [1.165, 1.54) is 23.7 Å². The lowest BCUT2D eigenvalue weighted by molar-refractivity contribution is -0.384. The molecule has 0 fully saturated rings. The van der Waals surface area contributed by atoms with Gasteiger partial charge in [-0.15, -0.1) is 0 Å². The van der Waals surface area contributed by atoms with E-state index in [2.05, 4.69) is 5.10 Å². The molecule has 0 unspecified atom stereocenters. The Morgan fingerprint density at radius 1 is 1.50 bits per heavy atom. The molecule has 6 heteroatoms. The third kappa shape index (κ3) is 1.44. The molecule has 0 atom stereocenters. The molecule has 1 aromatic heterocycles. The van der Waals surface area contributed by atoms with Crippen molar-refractivity contribution in [2.24, 2.45) is 0 Å². The number of carbonyl (C=O) groups excluding carboxylic acids is 1. The quantitative estimate of drug-likeness (QED) is 0.542. The number of benzene rings is 1. The zero-order chi connectivity index (χ0) is 11.9. The van der Waals surface area contributed by atoms with Crippen molar-refractivity contribution in [1.29, 1.82) is 0 Å². The second-order valence-corrected chi connectivity index (χ2v) is 3.47. The smallest absolute Gasteiger partial charge is 0.271 e. The fourth-order valence-corrected chi connectivity index (χ4v) is 1.61. The van der Waals surface area contributed by atoms with Gasteiger partial charge in [-0.2, -0.15) is 9.78 Å². The molecule has 2 rings (SSSR count). The first-order valence-corrected chi connectivity index (χ1v) is 4.65. The Balaban J connectivity index is 2.79. The highest BCUT2D eigenvalue weighted by Gasteiger charge is 2.14. The van der Waals surface area contributed by atoms with E-state index in [4.69, 9.17) is 0 Å². The Morgan fingerprint density at radius 2 is 2.19 bits per heavy atom. The lowest BCUT2D eigenvalue weighted by Crippen LogP contribution is -2.07. The highest BCUT2D eigenvalue weighted by molar-refractivity contribution is 5.92. The summed E-state index contributed by atoms with van der Waals surface area (Å²) in [5.41, 5.74) is 1.11. The summed E-state index contributed by atoms with van der Waals surface area (Å²) in [4.78, 5) is 21.4. The Morgan fingerprint density at radius 3 is 2.75 bits per heavy atom. The number of carbonyl (C=O) groups is 1. The van der Waals surface area contributed by atoms with Crippen molar-refractivity contribution in [2.45, 2.75) is 13.8 Å². The third-order valence-corrected chi connectivity index (χ3v) is 2.36. The molecule has 0 aliphatic rings. The van der Waals surface area contributed by atoms with Gasteiger partial charge in [0.25, 0.3) is 5.69 Å². The molecule has 1 heterocycles. The van der Waals surface area contributed by atoms with Gasteiger partial charge in [0.1, 0.15) is 0 Å². The van der Waals surface area contributed by atoms with Gasteiger partial charge >= 0.3 is 0 Å². The molecule has 0 saturated heterocycles. The summed E-state index contributed by atoms with van der Waals surface area (Å²) < 4.78 is 1.18. The first-order valence-electron chi connectivity index (χ1n) is 4.65. The van der Waals surface area contributed by atoms with Gasteiger partial charge in [0, 0.05) is 24.4 Å². The van der Waals surface area contributed by atoms with Crippen LogP contribution in [-0.2, 0) is 0 Å². The second-order valence-electron chi connectivity index (χ2n) is 3.47. The molecular formula is C10H9N3O3. The largest absolute Gasteiger partial charge is 0.273 e. The van der Waals surface area contributed by atoms with E-state index in [1.807, 2.05) is 0 Å². The van der Waals surface area contributed by atoms with Gasteiger partial charge in [0.05, 0.1) is 16.1 Å². The number of nitrogens with zero attached hydrogens (tertiary/aromatic N) is 3. The minimum atomic E-state index is -0.494. The molecular weight excluding hydrogens is 210 g/mol. The Hall–Kier alpha value is -2.24. The fourth-order valence-electron chi connectivity index (χ4n) is 1.61. The number of nitro groups is 1. The predicted octanol–water partition coefficient (Wildman–Crippen LogP) is 1.91. The summed E-state index contributed by atoms with van der Waals surface area (Å²) in [7, 11) is 0. The Kier molecular flexibility index (Phi) is 2.19. The topological polar surface area (TPSA) is 78.0 Å². The van der Waals surface area contributed by atoms with Gasteiger partial charge in [-0.05, 0) is 13.0 Å². The Bertz CT molecular complexity index is 601. The molecule has 82 valence electrons. The molecule has 0 bridgehead atoms. The summed E-state index contributed by atoms with van der Waals surface area (Å²) in [6, 6.07) is 4.37. The predicted molar refractivity (Wildman–Crippen MR) is 57.4 cm³/mol. The monoisotopic (exact) mass is 219 g/mol. The SMILES string of the molecule is CC(=O)n1nc(C)c2ccc([N+](=O)[O-])cc21. The van der Waals surface area contributed by atoms with E-state index < -0.39 is 4.92 Å². The van der Waals surface area contributed by atoms with Crippen molar-refractivity contribution in [3.05, 3.63) is 34.0 Å². The maximum atomic E-state index is 11.3. The van der Waals surface area contributed by atoms with E-state index in [-0.39, 0.29) is 11.6 Å². The van der Waals surface area contributed by atoms with Gasteiger partial charge < -0.3 is 0 Å². The van der Waals surface area contributed by atoms with E-state index in [1.54, 1.807) is 13.0 Å². The number of nitro benzene ring substituents is 1. The molecule has 0 aliphatic carbocycles. The maximum Gasteiger partial charge on any atom is 0.271 e. The van der Waals surface area contributed by atoms with Crippen LogP contribution in [0.15, 0.2) is 18.2 Å². The van der Waals surface area contributed by atoms with Gasteiger partial charge in [0.2, 0.25) is 5.91 Å². The number of hydrogen-bond acceptors (Lipinski definition) is 4. The molecule has 0 amide bonds. The normalized spacial score (nSPS) is 10.6. The fraction of sp³-hybridized carbons (Fsp3) is 0.200. The lowest BCUT2D eigenvalue weighted by atomic mass is 10.2. The summed E-state index contributed by atoms with van der Waals surface area (Å²) in [6.45, 7) is 3.12. The molecule has 6 nitrogen and oxygen atoms in total. The molecule has 2 aromatic rings. The summed E-state index contributed by atoms with van der Waals surface area (Å²) in [5.74, 6) is -0.265. The van der Waals surface area contributed by atoms with Crippen LogP contribution in [0.3, 0.4) is 0 Å². The van der Waals surface area contributed by atoms with Crippen molar-refractivity contribution < 1.29 is 9.72 Å². The van der Waals surface area contributed by atoms with E-state index >= 15 is 0 Å². The van der Waals surface area contributed by atoms with Gasteiger partial charge in [0.15, 0.2) is 0 Å². The van der Waals surface area contributed by atoms with Gasteiger partial charge in [-0.25, -0.2) is 0 Å². The van der Waals surface area contributed by atoms with Crippen LogP contribution in [0.4, 0.5) is 5.69 Å². The minimum absolute atomic E-state index is 0.0464. The van der Waals surface area contributed by atoms with Crippen molar-refractivity contribution in [3.8, 4) is 0 Å². The average Bonchev–Trinajstić information content (AvgIpc) is 2.56. The van der Waals surface area contributed by atoms with Crippen LogP contribution in [0.2, 0.25) is 0 Å². The van der Waals surface area contributed by atoms with Crippen LogP contribution in [0.5, 0.6) is 0 Å². The summed E-state index contributed by atoms with van der Waals surface area (Å²) in [6.07, 6.45) is 0. The van der Waals surface area contributed by atoms with Crippen LogP contribution in [0.25, 0.3) is 10.9 Å². The van der Waals surface area contributed by atoms with Crippen LogP contribution < -0.4 is 0 Å². The number of aryl methyl sites for hydroxylation is 1. The number of rotatable bonds is 1. The zero-order valence-electron chi connectivity index (χ0n) is 8.80. The highest BCUT2D eigenvalue weighted by atomic mass is 16.6. The number of aromatic nitrogens is 2. The third-order valence-electron chi connectivity index (χ3n) is 2.36. The van der Waals surface area contributed by atoms with Crippen LogP contribution in [-0.4, -0.2) is 20.6 Å². The highest BCUT2D eigenvalue weighted by Crippen LogP contribution is 2.23. The minimum Gasteiger partial charge on any atom is -0.273 e. The molecule has 16 heavy (non-hydrogen) atoms. The average molecular weight is 219 g/mol. The van der Waals surface area contributed by atoms with Crippen molar-refractivity contribution in [2.75, 3.05) is 0 Å². The number of fused-ring (bicyclic) bond motifs is 1. The molecule has 0 radical (unpaired) electrons. The van der Waals surface area contributed by atoms with Gasteiger partial charge in [-0.3, -0.25) is 14.9 Å². The molecule has 0 aliphatic heterocycles. The van der Waals surface area contributed by atoms with E-state index in [0.29, 0.717) is 11.2 Å². The van der Waals surface area contributed by atoms with E-state index in [0.717, 1.165) is 5.39 Å². The zero-order valence-corrected chi connectivity index (χ0v) is 8.80. The first-order chi connectivity index (χ1) is 7.50. The summed E-state index contributed by atoms with van der Waals surface area (Å²) >= 11 is 0. The molecule has 0 spiro atoms. The molecule has 1 aromatic carbocycles. The second kappa shape index (κ2) is 3.41. The number of non-ortho nitro benzene ring substituents is 1. The lowest BCUT2D eigenvalue weighted by Gasteiger charge is -1.96. The Labute approximate surface area is 90.6 Å². The first kappa shape index (κ1) is 10.3. The van der Waals surface area contributed by atoms with Crippen LogP contribution in [0, 0.1) is 17.0 Å². The van der Waals surface area contributed by atoms with Crippen LogP contribution in [0.1, 0.15) is 17.4 Å². The van der Waals surface area contributed by atoms with Crippen LogP contribution >= 0.6 is 0 Å². The molecule has 0 saturated carbocycles. The van der Waals surface area contributed by atoms with Crippen molar-refractivity contribution in [3.63, 3.8) is 0 Å². The van der Waals surface area contributed by atoms with E-state index in [9.17, 15) is 14.9 Å². The van der Waals surface area contributed by atoms with Crippen molar-refractivity contribution in [1.82, 2.24) is 9.78 Å². The standard InChI is InChI=1S/C10H9N3O3/c1-6-9-4-3-8(13(15)16)5-10(9)12(11-6)7(2)14/h3-5H,1-2H3. The molecule has 0 N–H and O–H groups in total. The van der Waals surface area contributed by atoms with Gasteiger partial charge in [-0.1, -0.05) is 0 Å². The van der Waals surface area contributed by atoms with Crippen molar-refractivity contribution >= 4 is 22.5 Å². The number of hydrogen-bond donors (Lipinski definition) is 0. The summed E-state index contributed by atoms with van der Waals surface area (Å²) in [5, 5.41) is 15.4.